The molecule has 2 aromatic carbocycles. The number of halogens is 2. The number of carboxylic acids is 1. The largest absolute Gasteiger partial charge is 0.496 e. The molecular formula is C20H21BrFNO3. The lowest BCUT2D eigenvalue weighted by Gasteiger charge is -2.38. The zero-order valence-electron chi connectivity index (χ0n) is 14.5. The SMILES string of the molecule is COc1ccc(Br)cc1C(c1ccc(F)cc1)N1CCCC(C(=O)O)C1. The first-order valence-corrected chi connectivity index (χ1v) is 9.34. The van der Waals surface area contributed by atoms with Crippen molar-refractivity contribution in [1.82, 2.24) is 4.90 Å². The van der Waals surface area contributed by atoms with Gasteiger partial charge in [0.25, 0.3) is 0 Å². The fraction of sp³-hybridized carbons (Fsp3) is 0.350. The van der Waals surface area contributed by atoms with Crippen molar-refractivity contribution in [3.8, 4) is 5.75 Å². The van der Waals surface area contributed by atoms with Crippen LogP contribution in [0.2, 0.25) is 0 Å². The van der Waals surface area contributed by atoms with E-state index in [1.807, 2.05) is 18.2 Å². The minimum absolute atomic E-state index is 0.204. The molecule has 1 fully saturated rings. The molecule has 0 aromatic heterocycles. The predicted molar refractivity (Wildman–Crippen MR) is 101 cm³/mol. The molecule has 6 heteroatoms. The Kier molecular flexibility index (Phi) is 5.94. The normalized spacial score (nSPS) is 19.1. The second-order valence-electron chi connectivity index (χ2n) is 6.51. The summed E-state index contributed by atoms with van der Waals surface area (Å²) >= 11 is 3.51. The number of likely N-dealkylation sites (tertiary alicyclic amines) is 1. The Morgan fingerprint density at radius 1 is 1.31 bits per heavy atom. The summed E-state index contributed by atoms with van der Waals surface area (Å²) in [5, 5.41) is 9.45. The first kappa shape index (κ1) is 18.9. The molecule has 1 heterocycles. The molecule has 1 N–H and O–H groups in total. The summed E-state index contributed by atoms with van der Waals surface area (Å²) in [6, 6.07) is 11.9. The molecule has 26 heavy (non-hydrogen) atoms. The number of ether oxygens (including phenoxy) is 1. The van der Waals surface area contributed by atoms with E-state index in [1.165, 1.54) is 12.1 Å². The lowest BCUT2D eigenvalue weighted by Crippen LogP contribution is -2.41. The molecule has 1 aliphatic heterocycles. The van der Waals surface area contributed by atoms with Crippen LogP contribution in [0.25, 0.3) is 0 Å². The Hall–Kier alpha value is -1.92. The van der Waals surface area contributed by atoms with Gasteiger partial charge in [-0.3, -0.25) is 9.69 Å². The van der Waals surface area contributed by atoms with Crippen LogP contribution in [-0.4, -0.2) is 36.2 Å². The van der Waals surface area contributed by atoms with E-state index in [1.54, 1.807) is 19.2 Å². The third kappa shape index (κ3) is 4.07. The fourth-order valence-electron chi connectivity index (χ4n) is 3.59. The maximum Gasteiger partial charge on any atom is 0.307 e. The summed E-state index contributed by atoms with van der Waals surface area (Å²) in [4.78, 5) is 13.7. The van der Waals surface area contributed by atoms with Crippen LogP contribution in [0.15, 0.2) is 46.9 Å². The van der Waals surface area contributed by atoms with Crippen molar-refractivity contribution in [2.24, 2.45) is 5.92 Å². The van der Waals surface area contributed by atoms with Crippen molar-refractivity contribution < 1.29 is 19.0 Å². The zero-order valence-corrected chi connectivity index (χ0v) is 16.1. The highest BCUT2D eigenvalue weighted by atomic mass is 79.9. The molecule has 2 unspecified atom stereocenters. The standard InChI is InChI=1S/C20H21BrFNO3/c1-26-18-9-6-15(21)11-17(18)19(13-4-7-16(22)8-5-13)23-10-2-3-14(12-23)20(24)25/h4-9,11,14,19H,2-3,10,12H2,1H3,(H,24,25). The third-order valence-electron chi connectivity index (χ3n) is 4.84. The van der Waals surface area contributed by atoms with Gasteiger partial charge in [0.15, 0.2) is 0 Å². The van der Waals surface area contributed by atoms with Crippen LogP contribution >= 0.6 is 15.9 Å². The molecule has 0 amide bonds. The van der Waals surface area contributed by atoms with Crippen LogP contribution in [0.5, 0.6) is 5.75 Å². The average Bonchev–Trinajstić information content (AvgIpc) is 2.64. The summed E-state index contributed by atoms with van der Waals surface area (Å²) in [5.41, 5.74) is 1.84. The average molecular weight is 422 g/mol. The molecule has 0 saturated carbocycles. The van der Waals surface area contributed by atoms with E-state index in [9.17, 15) is 14.3 Å². The van der Waals surface area contributed by atoms with Crippen LogP contribution in [0, 0.1) is 11.7 Å². The van der Waals surface area contributed by atoms with E-state index in [-0.39, 0.29) is 11.9 Å². The molecule has 2 aromatic rings. The van der Waals surface area contributed by atoms with Crippen LogP contribution < -0.4 is 4.74 Å². The van der Waals surface area contributed by atoms with Crippen molar-refractivity contribution in [1.29, 1.82) is 0 Å². The number of nitrogens with zero attached hydrogens (tertiary/aromatic N) is 1. The summed E-state index contributed by atoms with van der Waals surface area (Å²) in [7, 11) is 1.62. The van der Waals surface area contributed by atoms with Gasteiger partial charge in [-0.15, -0.1) is 0 Å². The van der Waals surface area contributed by atoms with E-state index in [4.69, 9.17) is 4.74 Å². The molecule has 2 atom stereocenters. The van der Waals surface area contributed by atoms with E-state index < -0.39 is 11.9 Å². The lowest BCUT2D eigenvalue weighted by molar-refractivity contribution is -0.143. The van der Waals surface area contributed by atoms with Crippen LogP contribution in [0.4, 0.5) is 4.39 Å². The van der Waals surface area contributed by atoms with Crippen molar-refractivity contribution in [3.63, 3.8) is 0 Å². The Labute approximate surface area is 160 Å². The number of hydrogen-bond acceptors (Lipinski definition) is 3. The number of rotatable bonds is 5. The number of carbonyl (C=O) groups is 1. The highest BCUT2D eigenvalue weighted by molar-refractivity contribution is 9.10. The molecule has 0 spiro atoms. The van der Waals surface area contributed by atoms with Gasteiger partial charge in [-0.25, -0.2) is 4.39 Å². The molecule has 4 nitrogen and oxygen atoms in total. The minimum Gasteiger partial charge on any atom is -0.496 e. The van der Waals surface area contributed by atoms with Crippen LogP contribution in [0.3, 0.4) is 0 Å². The maximum atomic E-state index is 13.4. The van der Waals surface area contributed by atoms with Crippen LogP contribution in [0.1, 0.15) is 30.0 Å². The first-order chi connectivity index (χ1) is 12.5. The Balaban J connectivity index is 2.06. The second kappa shape index (κ2) is 8.18. The first-order valence-electron chi connectivity index (χ1n) is 8.55. The third-order valence-corrected chi connectivity index (χ3v) is 5.33. The van der Waals surface area contributed by atoms with Gasteiger partial charge in [0.1, 0.15) is 11.6 Å². The number of benzene rings is 2. The minimum atomic E-state index is -0.770. The summed E-state index contributed by atoms with van der Waals surface area (Å²) < 4.78 is 19.9. The molecular weight excluding hydrogens is 401 g/mol. The number of hydrogen-bond donors (Lipinski definition) is 1. The lowest BCUT2D eigenvalue weighted by atomic mass is 9.91. The van der Waals surface area contributed by atoms with Crippen molar-refractivity contribution in [2.75, 3.05) is 20.2 Å². The molecule has 0 bridgehead atoms. The fourth-order valence-corrected chi connectivity index (χ4v) is 3.97. The summed E-state index contributed by atoms with van der Waals surface area (Å²) in [6.07, 6.45) is 1.49. The molecule has 0 radical (unpaired) electrons. The molecule has 138 valence electrons. The van der Waals surface area contributed by atoms with Gasteiger partial charge in [0.2, 0.25) is 0 Å². The highest BCUT2D eigenvalue weighted by Crippen LogP contribution is 2.38. The Bertz CT molecular complexity index is 781. The van der Waals surface area contributed by atoms with Gasteiger partial charge in [0, 0.05) is 16.6 Å². The number of methoxy groups -OCH3 is 1. The van der Waals surface area contributed by atoms with Gasteiger partial charge in [-0.1, -0.05) is 28.1 Å². The topological polar surface area (TPSA) is 49.8 Å². The molecule has 1 aliphatic rings. The Morgan fingerprint density at radius 2 is 2.04 bits per heavy atom. The van der Waals surface area contributed by atoms with Gasteiger partial charge in [-0.05, 0) is 55.3 Å². The van der Waals surface area contributed by atoms with Gasteiger partial charge in [0.05, 0.1) is 19.1 Å². The van der Waals surface area contributed by atoms with Crippen molar-refractivity contribution >= 4 is 21.9 Å². The molecule has 3 rings (SSSR count). The zero-order chi connectivity index (χ0) is 18.7. The van der Waals surface area contributed by atoms with E-state index in [0.29, 0.717) is 13.0 Å². The Morgan fingerprint density at radius 3 is 2.69 bits per heavy atom. The number of carboxylic acid groups (broad SMARTS) is 1. The van der Waals surface area contributed by atoms with Crippen LogP contribution in [-0.2, 0) is 4.79 Å². The highest BCUT2D eigenvalue weighted by Gasteiger charge is 2.32. The maximum absolute atomic E-state index is 13.4. The van der Waals surface area contributed by atoms with E-state index in [2.05, 4.69) is 20.8 Å². The van der Waals surface area contributed by atoms with E-state index >= 15 is 0 Å². The van der Waals surface area contributed by atoms with Crippen molar-refractivity contribution in [3.05, 3.63) is 63.9 Å². The predicted octanol–water partition coefficient (Wildman–Crippen LogP) is 4.48. The quantitative estimate of drug-likeness (QED) is 0.772. The summed E-state index contributed by atoms with van der Waals surface area (Å²) in [6.45, 7) is 1.23. The monoisotopic (exact) mass is 421 g/mol. The molecule has 1 saturated heterocycles. The van der Waals surface area contributed by atoms with Gasteiger partial charge in [-0.2, -0.15) is 0 Å². The second-order valence-corrected chi connectivity index (χ2v) is 7.43. The van der Waals surface area contributed by atoms with Gasteiger partial charge < -0.3 is 9.84 Å². The molecule has 0 aliphatic carbocycles. The number of aliphatic carboxylic acids is 1. The number of piperidine rings is 1. The van der Waals surface area contributed by atoms with Gasteiger partial charge >= 0.3 is 5.97 Å². The smallest absolute Gasteiger partial charge is 0.307 e. The summed E-state index contributed by atoms with van der Waals surface area (Å²) in [5.74, 6) is -0.741. The van der Waals surface area contributed by atoms with Crippen molar-refractivity contribution in [2.45, 2.75) is 18.9 Å². The van der Waals surface area contributed by atoms with E-state index in [0.717, 1.165) is 34.3 Å².